The van der Waals surface area contributed by atoms with Gasteiger partial charge in [0.1, 0.15) is 5.75 Å². The second kappa shape index (κ2) is 7.46. The van der Waals surface area contributed by atoms with Crippen LogP contribution in [0.15, 0.2) is 24.3 Å². The molecule has 1 unspecified atom stereocenters. The predicted molar refractivity (Wildman–Crippen MR) is 84.8 cm³/mol. The number of ether oxygens (including phenoxy) is 1. The van der Waals surface area contributed by atoms with Crippen molar-refractivity contribution in [3.8, 4) is 5.75 Å². The van der Waals surface area contributed by atoms with E-state index in [1.807, 2.05) is 50.1 Å². The lowest BCUT2D eigenvalue weighted by molar-refractivity contribution is 0.0673. The Morgan fingerprint density at radius 3 is 3.00 bits per heavy atom. The predicted octanol–water partition coefficient (Wildman–Crippen LogP) is 2.55. The van der Waals surface area contributed by atoms with Crippen molar-refractivity contribution in [1.82, 2.24) is 10.2 Å². The first kappa shape index (κ1) is 15.8. The molecule has 1 aliphatic heterocycles. The number of hydrogen-bond donors (Lipinski definition) is 1. The van der Waals surface area contributed by atoms with Crippen LogP contribution >= 0.6 is 0 Å². The second-order valence-corrected chi connectivity index (χ2v) is 6.01. The molecule has 1 aliphatic rings. The Labute approximate surface area is 127 Å². The molecule has 1 fully saturated rings. The van der Waals surface area contributed by atoms with E-state index in [1.54, 1.807) is 0 Å². The van der Waals surface area contributed by atoms with Crippen molar-refractivity contribution in [3.05, 3.63) is 29.8 Å². The summed E-state index contributed by atoms with van der Waals surface area (Å²) < 4.78 is 5.67. The molecule has 4 nitrogen and oxygen atoms in total. The Balaban J connectivity index is 2.05. The Hall–Kier alpha value is -1.55. The van der Waals surface area contributed by atoms with E-state index in [-0.39, 0.29) is 12.0 Å². The van der Waals surface area contributed by atoms with Gasteiger partial charge in [0.15, 0.2) is 0 Å². The Morgan fingerprint density at radius 1 is 1.48 bits per heavy atom. The van der Waals surface area contributed by atoms with Crippen LogP contribution in [0.3, 0.4) is 0 Å². The molecule has 0 bridgehead atoms. The summed E-state index contributed by atoms with van der Waals surface area (Å²) in [7, 11) is 1.97. The summed E-state index contributed by atoms with van der Waals surface area (Å²) in [5.74, 6) is 1.44. The van der Waals surface area contributed by atoms with Crippen LogP contribution in [-0.2, 0) is 0 Å². The lowest BCUT2D eigenvalue weighted by Gasteiger charge is -2.32. The van der Waals surface area contributed by atoms with Gasteiger partial charge in [-0.15, -0.1) is 0 Å². The van der Waals surface area contributed by atoms with Crippen molar-refractivity contribution in [2.45, 2.75) is 32.8 Å². The maximum Gasteiger partial charge on any atom is 0.253 e. The highest BCUT2D eigenvalue weighted by molar-refractivity contribution is 5.94. The van der Waals surface area contributed by atoms with Crippen LogP contribution in [0.1, 0.15) is 37.0 Å². The fraction of sp³-hybridized carbons (Fsp3) is 0.588. The normalized spacial score (nSPS) is 18.9. The van der Waals surface area contributed by atoms with Crippen LogP contribution in [0.4, 0.5) is 0 Å². The van der Waals surface area contributed by atoms with Gasteiger partial charge >= 0.3 is 0 Å². The van der Waals surface area contributed by atoms with E-state index < -0.39 is 0 Å². The summed E-state index contributed by atoms with van der Waals surface area (Å²) >= 11 is 0. The minimum absolute atomic E-state index is 0.116. The Kier molecular flexibility index (Phi) is 5.62. The topological polar surface area (TPSA) is 41.6 Å². The highest BCUT2D eigenvalue weighted by Crippen LogP contribution is 2.20. The molecule has 0 saturated carbocycles. The number of nitrogens with zero attached hydrogens (tertiary/aromatic N) is 1. The molecule has 2 rings (SSSR count). The summed E-state index contributed by atoms with van der Waals surface area (Å²) in [5.41, 5.74) is 0.721. The summed E-state index contributed by atoms with van der Waals surface area (Å²) in [5, 5.41) is 3.21. The van der Waals surface area contributed by atoms with E-state index in [0.717, 1.165) is 37.4 Å². The van der Waals surface area contributed by atoms with Gasteiger partial charge < -0.3 is 15.0 Å². The van der Waals surface area contributed by atoms with Gasteiger partial charge in [0, 0.05) is 18.7 Å². The van der Waals surface area contributed by atoms with Crippen LogP contribution in [0, 0.1) is 5.92 Å². The number of carbonyl (C=O) groups is 1. The molecule has 0 aliphatic carbocycles. The van der Waals surface area contributed by atoms with Gasteiger partial charge in [-0.3, -0.25) is 4.79 Å². The van der Waals surface area contributed by atoms with Crippen LogP contribution < -0.4 is 10.1 Å². The molecule has 1 aromatic carbocycles. The van der Waals surface area contributed by atoms with Gasteiger partial charge in [-0.05, 0) is 64.4 Å². The van der Waals surface area contributed by atoms with E-state index in [1.165, 1.54) is 6.42 Å². The molecule has 1 aromatic rings. The molecule has 21 heavy (non-hydrogen) atoms. The number of benzene rings is 1. The molecular weight excluding hydrogens is 264 g/mol. The number of carbonyl (C=O) groups excluding carboxylic acids is 1. The monoisotopic (exact) mass is 290 g/mol. The SMILES string of the molecule is CNCC1CCCN(C(=O)c2cccc(OC(C)C)c2)C1. The van der Waals surface area contributed by atoms with Gasteiger partial charge in [0.2, 0.25) is 0 Å². The standard InChI is InChI=1S/C17H26N2O2/c1-13(2)21-16-8-4-7-15(10-16)17(20)19-9-5-6-14(12-19)11-18-3/h4,7-8,10,13-14,18H,5-6,9,11-12H2,1-3H3. The first-order valence-electron chi connectivity index (χ1n) is 7.80. The van der Waals surface area contributed by atoms with Gasteiger partial charge in [0.25, 0.3) is 5.91 Å². The number of likely N-dealkylation sites (tertiary alicyclic amines) is 1. The van der Waals surface area contributed by atoms with E-state index in [2.05, 4.69) is 5.32 Å². The number of piperidine rings is 1. The van der Waals surface area contributed by atoms with E-state index in [4.69, 9.17) is 4.74 Å². The third-order valence-electron chi connectivity index (χ3n) is 3.75. The summed E-state index contributed by atoms with van der Waals surface area (Å²) in [6.45, 7) is 6.65. The first-order valence-corrected chi connectivity index (χ1v) is 7.80. The van der Waals surface area contributed by atoms with E-state index in [0.29, 0.717) is 5.92 Å². The van der Waals surface area contributed by atoms with Crippen LogP contribution in [0.2, 0.25) is 0 Å². The lowest BCUT2D eigenvalue weighted by atomic mass is 9.97. The second-order valence-electron chi connectivity index (χ2n) is 6.01. The molecule has 1 heterocycles. The summed E-state index contributed by atoms with van der Waals surface area (Å²) in [6.07, 6.45) is 2.40. The van der Waals surface area contributed by atoms with Crippen molar-refractivity contribution >= 4 is 5.91 Å². The lowest BCUT2D eigenvalue weighted by Crippen LogP contribution is -2.42. The first-order chi connectivity index (χ1) is 10.1. The number of hydrogen-bond acceptors (Lipinski definition) is 3. The fourth-order valence-electron chi connectivity index (χ4n) is 2.86. The largest absolute Gasteiger partial charge is 0.491 e. The zero-order valence-corrected chi connectivity index (χ0v) is 13.3. The summed E-state index contributed by atoms with van der Waals surface area (Å²) in [4.78, 5) is 14.6. The summed E-state index contributed by atoms with van der Waals surface area (Å²) in [6, 6.07) is 7.51. The maximum absolute atomic E-state index is 12.6. The van der Waals surface area contributed by atoms with Crippen LogP contribution in [0.25, 0.3) is 0 Å². The highest BCUT2D eigenvalue weighted by Gasteiger charge is 2.24. The number of rotatable bonds is 5. The highest BCUT2D eigenvalue weighted by atomic mass is 16.5. The van der Waals surface area contributed by atoms with Gasteiger partial charge in [0.05, 0.1) is 6.10 Å². The molecule has 4 heteroatoms. The average Bonchev–Trinajstić information content (AvgIpc) is 2.47. The third kappa shape index (κ3) is 4.46. The zero-order chi connectivity index (χ0) is 15.2. The molecule has 116 valence electrons. The minimum Gasteiger partial charge on any atom is -0.491 e. The molecule has 0 aromatic heterocycles. The molecule has 1 saturated heterocycles. The van der Waals surface area contributed by atoms with Crippen molar-refractivity contribution in [2.75, 3.05) is 26.7 Å². The van der Waals surface area contributed by atoms with E-state index >= 15 is 0 Å². The molecule has 1 atom stereocenters. The van der Waals surface area contributed by atoms with Crippen molar-refractivity contribution in [2.24, 2.45) is 5.92 Å². The Morgan fingerprint density at radius 2 is 2.29 bits per heavy atom. The molecular formula is C17H26N2O2. The van der Waals surface area contributed by atoms with Crippen LogP contribution in [-0.4, -0.2) is 43.6 Å². The quantitative estimate of drug-likeness (QED) is 0.906. The molecule has 1 N–H and O–H groups in total. The van der Waals surface area contributed by atoms with Gasteiger partial charge in [-0.25, -0.2) is 0 Å². The molecule has 1 amide bonds. The smallest absolute Gasteiger partial charge is 0.253 e. The minimum atomic E-state index is 0.116. The van der Waals surface area contributed by atoms with Gasteiger partial charge in [-0.1, -0.05) is 6.07 Å². The van der Waals surface area contributed by atoms with Crippen LogP contribution in [0.5, 0.6) is 5.75 Å². The fourth-order valence-corrected chi connectivity index (χ4v) is 2.86. The maximum atomic E-state index is 12.6. The molecule has 0 radical (unpaired) electrons. The Bertz CT molecular complexity index is 472. The van der Waals surface area contributed by atoms with E-state index in [9.17, 15) is 4.79 Å². The number of amides is 1. The molecule has 0 spiro atoms. The average molecular weight is 290 g/mol. The van der Waals surface area contributed by atoms with Crippen molar-refractivity contribution in [3.63, 3.8) is 0 Å². The third-order valence-corrected chi connectivity index (χ3v) is 3.75. The van der Waals surface area contributed by atoms with Gasteiger partial charge in [-0.2, -0.15) is 0 Å². The zero-order valence-electron chi connectivity index (χ0n) is 13.3. The van der Waals surface area contributed by atoms with Crippen molar-refractivity contribution in [1.29, 1.82) is 0 Å². The number of nitrogens with one attached hydrogen (secondary N) is 1. The van der Waals surface area contributed by atoms with Crippen molar-refractivity contribution < 1.29 is 9.53 Å².